The lowest BCUT2D eigenvalue weighted by atomic mass is 9.84. The van der Waals surface area contributed by atoms with E-state index in [4.69, 9.17) is 5.10 Å². The van der Waals surface area contributed by atoms with Gasteiger partial charge in [0.1, 0.15) is 5.82 Å². The van der Waals surface area contributed by atoms with E-state index in [9.17, 15) is 0 Å². The third-order valence-electron chi connectivity index (χ3n) is 5.42. The minimum Gasteiger partial charge on any atom is -0.361 e. The fourth-order valence-corrected chi connectivity index (χ4v) is 3.70. The van der Waals surface area contributed by atoms with Gasteiger partial charge in [0, 0.05) is 26.6 Å². The SMILES string of the molecule is CN(C)c1ccc2nnc(C3CCN(CC4CCC4)CC3)n2n1. The quantitative estimate of drug-likeness (QED) is 0.865. The van der Waals surface area contributed by atoms with E-state index in [0.29, 0.717) is 5.92 Å². The summed E-state index contributed by atoms with van der Waals surface area (Å²) in [5.74, 6) is 3.42. The van der Waals surface area contributed by atoms with E-state index in [1.54, 1.807) is 0 Å². The number of likely N-dealkylation sites (tertiary alicyclic amines) is 1. The molecule has 2 aromatic heterocycles. The van der Waals surface area contributed by atoms with E-state index in [1.807, 2.05) is 35.6 Å². The average Bonchev–Trinajstić information content (AvgIpc) is 2.94. The largest absolute Gasteiger partial charge is 0.361 e. The van der Waals surface area contributed by atoms with Gasteiger partial charge in [-0.05, 0) is 56.8 Å². The highest BCUT2D eigenvalue weighted by Gasteiger charge is 2.27. The summed E-state index contributed by atoms with van der Waals surface area (Å²) in [7, 11) is 4.02. The minimum absolute atomic E-state index is 0.479. The Labute approximate surface area is 137 Å². The van der Waals surface area contributed by atoms with Crippen molar-refractivity contribution in [2.45, 2.75) is 38.0 Å². The molecule has 1 saturated carbocycles. The molecule has 0 radical (unpaired) electrons. The maximum atomic E-state index is 4.70. The van der Waals surface area contributed by atoms with Crippen molar-refractivity contribution in [2.75, 3.05) is 38.6 Å². The van der Waals surface area contributed by atoms with Crippen molar-refractivity contribution in [3.63, 3.8) is 0 Å². The number of rotatable bonds is 4. The molecule has 0 aromatic carbocycles. The Bertz CT molecular complexity index is 667. The van der Waals surface area contributed by atoms with Crippen molar-refractivity contribution in [3.8, 4) is 0 Å². The summed E-state index contributed by atoms with van der Waals surface area (Å²) in [5, 5.41) is 13.5. The molecule has 124 valence electrons. The van der Waals surface area contributed by atoms with Gasteiger partial charge in [0.15, 0.2) is 11.5 Å². The van der Waals surface area contributed by atoms with Gasteiger partial charge >= 0.3 is 0 Å². The van der Waals surface area contributed by atoms with Gasteiger partial charge in [-0.15, -0.1) is 15.3 Å². The molecule has 0 bridgehead atoms. The minimum atomic E-state index is 0.479. The lowest BCUT2D eigenvalue weighted by Gasteiger charge is -2.36. The maximum Gasteiger partial charge on any atom is 0.178 e. The molecular formula is C17H26N6. The Balaban J connectivity index is 1.47. The summed E-state index contributed by atoms with van der Waals surface area (Å²) in [5.41, 5.74) is 0.850. The molecule has 6 heteroatoms. The third-order valence-corrected chi connectivity index (χ3v) is 5.42. The van der Waals surface area contributed by atoms with Gasteiger partial charge in [0.2, 0.25) is 0 Å². The van der Waals surface area contributed by atoms with E-state index in [-0.39, 0.29) is 0 Å². The monoisotopic (exact) mass is 314 g/mol. The number of hydrogen-bond acceptors (Lipinski definition) is 5. The van der Waals surface area contributed by atoms with Crippen LogP contribution in [0.4, 0.5) is 5.82 Å². The van der Waals surface area contributed by atoms with Crippen molar-refractivity contribution in [3.05, 3.63) is 18.0 Å². The first kappa shape index (κ1) is 14.9. The number of aromatic nitrogens is 4. The van der Waals surface area contributed by atoms with Gasteiger partial charge < -0.3 is 9.80 Å². The number of anilines is 1. The summed E-state index contributed by atoms with van der Waals surface area (Å²) in [4.78, 5) is 4.66. The predicted molar refractivity (Wildman–Crippen MR) is 90.9 cm³/mol. The molecule has 3 heterocycles. The van der Waals surface area contributed by atoms with Gasteiger partial charge in [-0.1, -0.05) is 6.42 Å². The Morgan fingerprint density at radius 2 is 1.87 bits per heavy atom. The second-order valence-electron chi connectivity index (χ2n) is 7.29. The van der Waals surface area contributed by atoms with Crippen LogP contribution in [0, 0.1) is 5.92 Å². The highest BCUT2D eigenvalue weighted by molar-refractivity contribution is 5.45. The summed E-state index contributed by atoms with van der Waals surface area (Å²) in [6.45, 7) is 3.67. The van der Waals surface area contributed by atoms with Crippen LogP contribution in [-0.2, 0) is 0 Å². The first-order valence-electron chi connectivity index (χ1n) is 8.83. The maximum absolute atomic E-state index is 4.70. The Morgan fingerprint density at radius 3 is 2.52 bits per heavy atom. The van der Waals surface area contributed by atoms with E-state index < -0.39 is 0 Å². The smallest absolute Gasteiger partial charge is 0.178 e. The molecule has 0 unspecified atom stereocenters. The van der Waals surface area contributed by atoms with Crippen molar-refractivity contribution < 1.29 is 0 Å². The number of hydrogen-bond donors (Lipinski definition) is 0. The third kappa shape index (κ3) is 2.92. The lowest BCUT2D eigenvalue weighted by molar-refractivity contribution is 0.145. The molecule has 4 rings (SSSR count). The highest BCUT2D eigenvalue weighted by atomic mass is 15.4. The van der Waals surface area contributed by atoms with Crippen LogP contribution in [0.1, 0.15) is 43.8 Å². The zero-order chi connectivity index (χ0) is 15.8. The van der Waals surface area contributed by atoms with Crippen LogP contribution in [0.3, 0.4) is 0 Å². The van der Waals surface area contributed by atoms with Crippen molar-refractivity contribution in [1.29, 1.82) is 0 Å². The van der Waals surface area contributed by atoms with E-state index in [0.717, 1.165) is 23.2 Å². The zero-order valence-electron chi connectivity index (χ0n) is 14.1. The molecule has 1 aliphatic heterocycles. The van der Waals surface area contributed by atoms with E-state index >= 15 is 0 Å². The zero-order valence-corrected chi connectivity index (χ0v) is 14.1. The molecule has 0 N–H and O–H groups in total. The highest BCUT2D eigenvalue weighted by Crippen LogP contribution is 2.31. The summed E-state index contributed by atoms with van der Waals surface area (Å²) < 4.78 is 1.95. The topological polar surface area (TPSA) is 49.6 Å². The fourth-order valence-electron chi connectivity index (χ4n) is 3.70. The van der Waals surface area contributed by atoms with Gasteiger partial charge in [0.05, 0.1) is 0 Å². The van der Waals surface area contributed by atoms with Crippen LogP contribution in [0.5, 0.6) is 0 Å². The average molecular weight is 314 g/mol. The van der Waals surface area contributed by atoms with Crippen LogP contribution in [0.25, 0.3) is 5.65 Å². The molecule has 2 aliphatic rings. The molecule has 0 spiro atoms. The predicted octanol–water partition coefficient (Wildman–Crippen LogP) is 2.17. The molecule has 23 heavy (non-hydrogen) atoms. The summed E-state index contributed by atoms with van der Waals surface area (Å²) in [6, 6.07) is 4.00. The molecule has 1 aliphatic carbocycles. The van der Waals surface area contributed by atoms with Crippen molar-refractivity contribution in [1.82, 2.24) is 24.7 Å². The van der Waals surface area contributed by atoms with Gasteiger partial charge in [0.25, 0.3) is 0 Å². The van der Waals surface area contributed by atoms with Crippen molar-refractivity contribution in [2.24, 2.45) is 5.92 Å². The van der Waals surface area contributed by atoms with Gasteiger partial charge in [-0.2, -0.15) is 4.52 Å². The lowest BCUT2D eigenvalue weighted by Crippen LogP contribution is -2.38. The van der Waals surface area contributed by atoms with Gasteiger partial charge in [-0.3, -0.25) is 0 Å². The Morgan fingerprint density at radius 1 is 1.09 bits per heavy atom. The summed E-state index contributed by atoms with van der Waals surface area (Å²) in [6.07, 6.45) is 6.65. The Kier molecular flexibility index (Phi) is 3.93. The van der Waals surface area contributed by atoms with E-state index in [2.05, 4.69) is 15.1 Å². The fraction of sp³-hybridized carbons (Fsp3) is 0.706. The second kappa shape index (κ2) is 6.07. The van der Waals surface area contributed by atoms with Gasteiger partial charge in [-0.25, -0.2) is 0 Å². The molecule has 0 amide bonds. The van der Waals surface area contributed by atoms with Crippen LogP contribution in [0.15, 0.2) is 12.1 Å². The molecule has 2 fully saturated rings. The number of nitrogens with zero attached hydrogens (tertiary/aromatic N) is 6. The molecular weight excluding hydrogens is 288 g/mol. The van der Waals surface area contributed by atoms with Crippen LogP contribution in [-0.4, -0.2) is 58.4 Å². The normalized spacial score (nSPS) is 20.8. The first-order chi connectivity index (χ1) is 11.2. The number of piperidine rings is 1. The van der Waals surface area contributed by atoms with Crippen LogP contribution >= 0.6 is 0 Å². The van der Waals surface area contributed by atoms with Crippen LogP contribution in [0.2, 0.25) is 0 Å². The first-order valence-corrected chi connectivity index (χ1v) is 8.83. The number of fused-ring (bicyclic) bond motifs is 1. The summed E-state index contributed by atoms with van der Waals surface area (Å²) >= 11 is 0. The van der Waals surface area contributed by atoms with Crippen LogP contribution < -0.4 is 4.90 Å². The van der Waals surface area contributed by atoms with E-state index in [1.165, 1.54) is 51.7 Å². The molecule has 0 atom stereocenters. The molecule has 1 saturated heterocycles. The van der Waals surface area contributed by atoms with Crippen molar-refractivity contribution >= 4 is 11.5 Å². The second-order valence-corrected chi connectivity index (χ2v) is 7.29. The Hall–Kier alpha value is -1.69. The molecule has 2 aromatic rings. The molecule has 6 nitrogen and oxygen atoms in total. The standard InChI is InChI=1S/C17H26N6/c1-21(2)16-7-6-15-18-19-17(23(15)20-16)14-8-10-22(11-9-14)12-13-4-3-5-13/h6-7,13-14H,3-5,8-12H2,1-2H3.